The summed E-state index contributed by atoms with van der Waals surface area (Å²) in [6.45, 7) is 0. The number of aromatic nitrogens is 1. The topological polar surface area (TPSA) is 12.9 Å². The second-order valence-electron chi connectivity index (χ2n) is 6.39. The van der Waals surface area contributed by atoms with Crippen molar-refractivity contribution in [3.05, 3.63) is 103 Å². The molecule has 5 aromatic rings. The van der Waals surface area contributed by atoms with E-state index in [1.807, 2.05) is 12.1 Å². The van der Waals surface area contributed by atoms with E-state index in [0.717, 1.165) is 22.5 Å². The highest BCUT2D eigenvalue weighted by Gasteiger charge is 2.09. The Bertz CT molecular complexity index is 1130. The van der Waals surface area contributed by atoms with E-state index in [0.29, 0.717) is 0 Å². The molecule has 0 N–H and O–H groups in total. The van der Waals surface area contributed by atoms with Crippen LogP contribution in [0.1, 0.15) is 0 Å². The highest BCUT2D eigenvalue weighted by atomic mass is 14.7. The third-order valence-corrected chi connectivity index (χ3v) is 4.81. The van der Waals surface area contributed by atoms with Crippen molar-refractivity contribution in [2.45, 2.75) is 0 Å². The van der Waals surface area contributed by atoms with Crippen LogP contribution in [0.25, 0.3) is 44.1 Å². The summed E-state index contributed by atoms with van der Waals surface area (Å²) >= 11 is 0. The van der Waals surface area contributed by atoms with Gasteiger partial charge in [-0.3, -0.25) is 0 Å². The predicted molar refractivity (Wildman–Crippen MR) is 109 cm³/mol. The van der Waals surface area contributed by atoms with Gasteiger partial charge >= 0.3 is 0 Å². The number of hydrogen-bond donors (Lipinski definition) is 0. The van der Waals surface area contributed by atoms with Crippen molar-refractivity contribution in [3.8, 4) is 22.5 Å². The van der Waals surface area contributed by atoms with Crippen LogP contribution >= 0.6 is 0 Å². The first-order chi connectivity index (χ1) is 12.9. The van der Waals surface area contributed by atoms with Crippen molar-refractivity contribution in [1.29, 1.82) is 0 Å². The van der Waals surface area contributed by atoms with Crippen LogP contribution in [0.5, 0.6) is 0 Å². The van der Waals surface area contributed by atoms with Gasteiger partial charge < -0.3 is 0 Å². The molecule has 0 spiro atoms. The monoisotopic (exact) mass is 330 g/mol. The number of rotatable bonds is 2. The number of hydrogen-bond acceptors (Lipinski definition) is 1. The van der Waals surface area contributed by atoms with Crippen molar-refractivity contribution >= 4 is 21.5 Å². The van der Waals surface area contributed by atoms with Crippen molar-refractivity contribution in [2.24, 2.45) is 0 Å². The first-order valence-corrected chi connectivity index (χ1v) is 8.74. The van der Waals surface area contributed by atoms with E-state index in [1.54, 1.807) is 0 Å². The van der Waals surface area contributed by atoms with Crippen molar-refractivity contribution in [3.63, 3.8) is 0 Å². The smallest absolute Gasteiger partial charge is 0.0721 e. The van der Waals surface area contributed by atoms with Crippen LogP contribution in [0.4, 0.5) is 0 Å². The normalized spacial score (nSPS) is 11.1. The molecule has 0 bridgehead atoms. The Morgan fingerprint density at radius 3 is 1.50 bits per heavy atom. The Hall–Kier alpha value is -3.45. The second-order valence-corrected chi connectivity index (χ2v) is 6.39. The fourth-order valence-corrected chi connectivity index (χ4v) is 3.57. The first-order valence-electron chi connectivity index (χ1n) is 8.74. The average molecular weight is 330 g/mol. The van der Waals surface area contributed by atoms with Gasteiger partial charge in [-0.2, -0.15) is 0 Å². The highest BCUT2D eigenvalue weighted by molar-refractivity contribution is 5.98. The molecular formula is C25H16N. The van der Waals surface area contributed by atoms with Gasteiger partial charge in [0.2, 0.25) is 0 Å². The zero-order valence-electron chi connectivity index (χ0n) is 14.2. The molecule has 0 amide bonds. The lowest BCUT2D eigenvalue weighted by Crippen LogP contribution is -1.90. The molecule has 0 unspecified atom stereocenters. The zero-order chi connectivity index (χ0) is 17.3. The molecule has 1 heteroatoms. The van der Waals surface area contributed by atoms with Gasteiger partial charge in [0.1, 0.15) is 0 Å². The van der Waals surface area contributed by atoms with Crippen LogP contribution < -0.4 is 0 Å². The van der Waals surface area contributed by atoms with E-state index >= 15 is 0 Å². The van der Waals surface area contributed by atoms with Crippen LogP contribution in [0.15, 0.2) is 97.1 Å². The summed E-state index contributed by atoms with van der Waals surface area (Å²) in [6, 6.07) is 36.8. The lowest BCUT2D eigenvalue weighted by atomic mass is 9.99. The largest absolute Gasteiger partial charge is 0.248 e. The maximum absolute atomic E-state index is 4.98. The summed E-state index contributed by atoms with van der Waals surface area (Å²) in [5.41, 5.74) is 4.18. The zero-order valence-corrected chi connectivity index (χ0v) is 14.2. The molecular weight excluding hydrogens is 314 g/mol. The quantitative estimate of drug-likeness (QED) is 0.359. The Balaban J connectivity index is 1.72. The highest BCUT2D eigenvalue weighted by Crippen LogP contribution is 2.31. The Morgan fingerprint density at radius 1 is 0.500 bits per heavy atom. The minimum atomic E-state index is 0.951. The van der Waals surface area contributed by atoms with E-state index < -0.39 is 0 Å². The molecule has 26 heavy (non-hydrogen) atoms. The third-order valence-electron chi connectivity index (χ3n) is 4.81. The van der Waals surface area contributed by atoms with Crippen molar-refractivity contribution in [1.82, 2.24) is 4.98 Å². The molecule has 4 aromatic carbocycles. The molecule has 1 nitrogen and oxygen atoms in total. The minimum absolute atomic E-state index is 0.951. The molecule has 0 saturated carbocycles. The average Bonchev–Trinajstić information content (AvgIpc) is 2.73. The maximum atomic E-state index is 4.98. The summed E-state index contributed by atoms with van der Waals surface area (Å²) in [4.78, 5) is 4.98. The van der Waals surface area contributed by atoms with Gasteiger partial charge in [0.25, 0.3) is 0 Å². The molecule has 0 atom stereocenters. The van der Waals surface area contributed by atoms with Gasteiger partial charge in [-0.15, -0.1) is 0 Å². The fourth-order valence-electron chi connectivity index (χ4n) is 3.57. The number of fused-ring (bicyclic) bond motifs is 2. The predicted octanol–water partition coefficient (Wildman–Crippen LogP) is 6.52. The van der Waals surface area contributed by atoms with Crippen LogP contribution in [0.3, 0.4) is 0 Å². The third kappa shape index (κ3) is 2.46. The van der Waals surface area contributed by atoms with Crippen LogP contribution in [-0.4, -0.2) is 4.98 Å². The molecule has 121 valence electrons. The van der Waals surface area contributed by atoms with Gasteiger partial charge in [0.05, 0.1) is 11.4 Å². The Labute approximate surface area is 152 Å². The van der Waals surface area contributed by atoms with E-state index in [4.69, 9.17) is 4.98 Å². The first kappa shape index (κ1) is 14.9. The van der Waals surface area contributed by atoms with Gasteiger partial charge in [0, 0.05) is 11.1 Å². The number of nitrogens with zero attached hydrogens (tertiary/aromatic N) is 1. The van der Waals surface area contributed by atoms with E-state index in [-0.39, 0.29) is 0 Å². The van der Waals surface area contributed by atoms with E-state index in [9.17, 15) is 0 Å². The molecule has 1 radical (unpaired) electrons. The SMILES string of the molecule is [c]1cc(-c2cccc3ccccc23)nc(-c2cccc3ccccc23)c1. The standard InChI is InChI=1S/C25H16N/c1-3-12-20-18(8-1)10-5-14-22(20)24-16-7-17-25(26-24)23-15-6-11-19-9-2-4-13-21(19)23/h1-6,8-17H. The Morgan fingerprint density at radius 2 is 0.962 bits per heavy atom. The van der Waals surface area contributed by atoms with Crippen LogP contribution in [0.2, 0.25) is 0 Å². The van der Waals surface area contributed by atoms with Gasteiger partial charge in [-0.1, -0.05) is 84.9 Å². The summed E-state index contributed by atoms with van der Waals surface area (Å²) in [7, 11) is 0. The van der Waals surface area contributed by atoms with E-state index in [1.165, 1.54) is 21.5 Å². The lowest BCUT2D eigenvalue weighted by Gasteiger charge is -2.10. The van der Waals surface area contributed by atoms with E-state index in [2.05, 4.69) is 91.0 Å². The molecule has 0 fully saturated rings. The van der Waals surface area contributed by atoms with Crippen molar-refractivity contribution < 1.29 is 0 Å². The van der Waals surface area contributed by atoms with Crippen LogP contribution in [-0.2, 0) is 0 Å². The van der Waals surface area contributed by atoms with Gasteiger partial charge in [-0.05, 0) is 39.7 Å². The Kier molecular flexibility index (Phi) is 3.50. The number of benzene rings is 4. The minimum Gasteiger partial charge on any atom is -0.248 e. The maximum Gasteiger partial charge on any atom is 0.0721 e. The summed E-state index contributed by atoms with van der Waals surface area (Å²) in [5, 5.41) is 4.88. The lowest BCUT2D eigenvalue weighted by molar-refractivity contribution is 1.33. The summed E-state index contributed by atoms with van der Waals surface area (Å²) < 4.78 is 0. The summed E-state index contributed by atoms with van der Waals surface area (Å²) in [5.74, 6) is 0. The molecule has 0 aliphatic carbocycles. The molecule has 0 aliphatic heterocycles. The molecule has 0 saturated heterocycles. The summed E-state index contributed by atoms with van der Waals surface area (Å²) in [6.07, 6.45) is 0. The molecule has 5 rings (SSSR count). The van der Waals surface area contributed by atoms with Gasteiger partial charge in [0.15, 0.2) is 0 Å². The van der Waals surface area contributed by atoms with Crippen molar-refractivity contribution in [2.75, 3.05) is 0 Å². The van der Waals surface area contributed by atoms with Crippen LogP contribution in [0, 0.1) is 6.07 Å². The van der Waals surface area contributed by atoms with Gasteiger partial charge in [-0.25, -0.2) is 4.98 Å². The second kappa shape index (κ2) is 6.12. The molecule has 1 heterocycles. The number of pyridine rings is 1. The molecule has 1 aromatic heterocycles. The molecule has 0 aliphatic rings. The fraction of sp³-hybridized carbons (Fsp3) is 0.